The maximum absolute atomic E-state index is 11.7. The van der Waals surface area contributed by atoms with E-state index in [1.54, 1.807) is 11.8 Å². The van der Waals surface area contributed by atoms with E-state index in [-0.39, 0.29) is 11.8 Å². The van der Waals surface area contributed by atoms with E-state index in [9.17, 15) is 4.79 Å². The second-order valence-electron chi connectivity index (χ2n) is 5.44. The maximum atomic E-state index is 11.7. The van der Waals surface area contributed by atoms with E-state index in [1.807, 2.05) is 19.9 Å². The molecule has 0 atom stereocenters. The SMILES string of the molecule is CC(C)C(=O)Nc1nnc(SCc2cccc3ccccc23)s1. The Bertz CT molecular complexity index is 824. The second-order valence-corrected chi connectivity index (χ2v) is 7.64. The minimum absolute atomic E-state index is 0.0354. The number of hydrogen-bond acceptors (Lipinski definition) is 5. The van der Waals surface area contributed by atoms with Gasteiger partial charge in [0.15, 0.2) is 4.34 Å². The van der Waals surface area contributed by atoms with Crippen LogP contribution in [0.1, 0.15) is 19.4 Å². The first-order valence-electron chi connectivity index (χ1n) is 7.37. The largest absolute Gasteiger partial charge is 0.300 e. The number of benzene rings is 2. The molecule has 0 aliphatic carbocycles. The Balaban J connectivity index is 1.69. The molecule has 4 nitrogen and oxygen atoms in total. The lowest BCUT2D eigenvalue weighted by Crippen LogP contribution is -2.17. The molecule has 0 saturated heterocycles. The lowest BCUT2D eigenvalue weighted by molar-refractivity contribution is -0.118. The van der Waals surface area contributed by atoms with E-state index in [0.29, 0.717) is 5.13 Å². The summed E-state index contributed by atoms with van der Waals surface area (Å²) in [5.74, 6) is 0.728. The average Bonchev–Trinajstić information content (AvgIpc) is 3.00. The van der Waals surface area contributed by atoms with Crippen LogP contribution < -0.4 is 5.32 Å². The van der Waals surface area contributed by atoms with Gasteiger partial charge in [-0.15, -0.1) is 10.2 Å². The van der Waals surface area contributed by atoms with Gasteiger partial charge in [0.1, 0.15) is 0 Å². The predicted octanol–water partition coefficient (Wildman–Crippen LogP) is 4.58. The van der Waals surface area contributed by atoms with Crippen molar-refractivity contribution in [3.63, 3.8) is 0 Å². The molecule has 0 aliphatic rings. The summed E-state index contributed by atoms with van der Waals surface area (Å²) in [7, 11) is 0. The third-order valence-corrected chi connectivity index (χ3v) is 5.41. The molecule has 1 aromatic heterocycles. The van der Waals surface area contributed by atoms with Gasteiger partial charge in [-0.3, -0.25) is 4.79 Å². The van der Waals surface area contributed by atoms with Gasteiger partial charge in [0.2, 0.25) is 11.0 Å². The zero-order chi connectivity index (χ0) is 16.2. The number of rotatable bonds is 5. The van der Waals surface area contributed by atoms with E-state index in [0.717, 1.165) is 10.1 Å². The molecule has 1 N–H and O–H groups in total. The molecular formula is C17H17N3OS2. The van der Waals surface area contributed by atoms with Crippen molar-refractivity contribution in [1.29, 1.82) is 0 Å². The fourth-order valence-electron chi connectivity index (χ4n) is 2.13. The third-order valence-electron chi connectivity index (χ3n) is 3.39. The molecule has 0 fully saturated rings. The number of hydrogen-bond donors (Lipinski definition) is 1. The van der Waals surface area contributed by atoms with Crippen LogP contribution in [0.3, 0.4) is 0 Å². The number of nitrogens with one attached hydrogen (secondary N) is 1. The molecular weight excluding hydrogens is 326 g/mol. The van der Waals surface area contributed by atoms with Crippen molar-refractivity contribution < 1.29 is 4.79 Å². The fraction of sp³-hybridized carbons (Fsp3) is 0.235. The quantitative estimate of drug-likeness (QED) is 0.544. The van der Waals surface area contributed by atoms with Gasteiger partial charge in [0.05, 0.1) is 0 Å². The summed E-state index contributed by atoms with van der Waals surface area (Å²) in [6.07, 6.45) is 0. The van der Waals surface area contributed by atoms with E-state index in [4.69, 9.17) is 0 Å². The first-order valence-corrected chi connectivity index (χ1v) is 9.17. The Morgan fingerprint density at radius 1 is 1.17 bits per heavy atom. The van der Waals surface area contributed by atoms with Crippen LogP contribution in [0.15, 0.2) is 46.8 Å². The highest BCUT2D eigenvalue weighted by molar-refractivity contribution is 8.00. The van der Waals surface area contributed by atoms with Crippen LogP contribution in [-0.2, 0) is 10.5 Å². The summed E-state index contributed by atoms with van der Waals surface area (Å²) >= 11 is 3.05. The van der Waals surface area contributed by atoms with Gasteiger partial charge in [-0.05, 0) is 16.3 Å². The molecule has 0 unspecified atom stereocenters. The third kappa shape index (κ3) is 3.89. The molecule has 6 heteroatoms. The predicted molar refractivity (Wildman–Crippen MR) is 96.9 cm³/mol. The van der Waals surface area contributed by atoms with Crippen molar-refractivity contribution >= 4 is 44.9 Å². The van der Waals surface area contributed by atoms with Crippen LogP contribution >= 0.6 is 23.1 Å². The number of nitrogens with zero attached hydrogens (tertiary/aromatic N) is 2. The van der Waals surface area contributed by atoms with Crippen molar-refractivity contribution in [1.82, 2.24) is 10.2 Å². The molecule has 3 aromatic rings. The molecule has 1 amide bonds. The lowest BCUT2D eigenvalue weighted by Gasteiger charge is -2.04. The smallest absolute Gasteiger partial charge is 0.228 e. The number of amides is 1. The van der Waals surface area contributed by atoms with Gasteiger partial charge in [-0.1, -0.05) is 79.4 Å². The number of anilines is 1. The van der Waals surface area contributed by atoms with Crippen molar-refractivity contribution in [3.8, 4) is 0 Å². The van der Waals surface area contributed by atoms with Crippen LogP contribution in [0.25, 0.3) is 10.8 Å². The van der Waals surface area contributed by atoms with Crippen LogP contribution in [0.5, 0.6) is 0 Å². The molecule has 23 heavy (non-hydrogen) atoms. The second kappa shape index (κ2) is 7.10. The Labute approximate surface area is 143 Å². The number of fused-ring (bicyclic) bond motifs is 1. The standard InChI is InChI=1S/C17H17N3OS2/c1-11(2)15(21)18-16-19-20-17(23-16)22-10-13-8-5-7-12-6-3-4-9-14(12)13/h3-9,11H,10H2,1-2H3,(H,18,19,21). The summed E-state index contributed by atoms with van der Waals surface area (Å²) in [5.41, 5.74) is 1.27. The Kier molecular flexibility index (Phi) is 4.93. The fourth-order valence-corrected chi connectivity index (χ4v) is 3.89. The van der Waals surface area contributed by atoms with Crippen molar-refractivity contribution in [3.05, 3.63) is 48.0 Å². The molecule has 0 bridgehead atoms. The molecule has 0 spiro atoms. The molecule has 118 valence electrons. The van der Waals surface area contributed by atoms with Crippen molar-refractivity contribution in [2.24, 2.45) is 5.92 Å². The minimum atomic E-state index is -0.0642. The van der Waals surface area contributed by atoms with E-state index >= 15 is 0 Å². The highest BCUT2D eigenvalue weighted by atomic mass is 32.2. The first kappa shape index (κ1) is 16.0. The van der Waals surface area contributed by atoms with Gasteiger partial charge in [0.25, 0.3) is 0 Å². The van der Waals surface area contributed by atoms with Crippen LogP contribution in [0.4, 0.5) is 5.13 Å². The molecule has 2 aromatic carbocycles. The normalized spacial score (nSPS) is 11.1. The first-order chi connectivity index (χ1) is 11.1. The minimum Gasteiger partial charge on any atom is -0.300 e. The lowest BCUT2D eigenvalue weighted by atomic mass is 10.1. The molecule has 0 saturated carbocycles. The summed E-state index contributed by atoms with van der Waals surface area (Å²) in [6, 6.07) is 14.7. The number of thioether (sulfide) groups is 1. The summed E-state index contributed by atoms with van der Waals surface area (Å²) in [5, 5.41) is 14.0. The highest BCUT2D eigenvalue weighted by Crippen LogP contribution is 2.30. The van der Waals surface area contributed by atoms with Crippen LogP contribution in [-0.4, -0.2) is 16.1 Å². The Hall–Kier alpha value is -1.92. The van der Waals surface area contributed by atoms with Crippen molar-refractivity contribution in [2.45, 2.75) is 23.9 Å². The van der Waals surface area contributed by atoms with E-state index in [2.05, 4.69) is 51.9 Å². The summed E-state index contributed by atoms with van der Waals surface area (Å²) < 4.78 is 0.858. The summed E-state index contributed by atoms with van der Waals surface area (Å²) in [6.45, 7) is 3.71. The van der Waals surface area contributed by atoms with Gasteiger partial charge in [-0.2, -0.15) is 0 Å². The monoisotopic (exact) mass is 343 g/mol. The highest BCUT2D eigenvalue weighted by Gasteiger charge is 2.11. The van der Waals surface area contributed by atoms with Crippen LogP contribution in [0, 0.1) is 5.92 Å². The zero-order valence-electron chi connectivity index (χ0n) is 12.9. The van der Waals surface area contributed by atoms with E-state index < -0.39 is 0 Å². The Morgan fingerprint density at radius 2 is 1.96 bits per heavy atom. The van der Waals surface area contributed by atoms with Gasteiger partial charge >= 0.3 is 0 Å². The van der Waals surface area contributed by atoms with E-state index in [1.165, 1.54) is 27.7 Å². The van der Waals surface area contributed by atoms with Crippen LogP contribution in [0.2, 0.25) is 0 Å². The maximum Gasteiger partial charge on any atom is 0.228 e. The molecule has 3 rings (SSSR count). The van der Waals surface area contributed by atoms with Gasteiger partial charge in [0, 0.05) is 11.7 Å². The zero-order valence-corrected chi connectivity index (χ0v) is 14.6. The number of carbonyl (C=O) groups is 1. The average molecular weight is 343 g/mol. The van der Waals surface area contributed by atoms with Gasteiger partial charge in [-0.25, -0.2) is 0 Å². The summed E-state index contributed by atoms with van der Waals surface area (Å²) in [4.78, 5) is 11.7. The topological polar surface area (TPSA) is 54.9 Å². The number of carbonyl (C=O) groups excluding carboxylic acids is 1. The molecule has 1 heterocycles. The molecule has 0 radical (unpaired) electrons. The van der Waals surface area contributed by atoms with Crippen molar-refractivity contribution in [2.75, 3.05) is 5.32 Å². The molecule has 0 aliphatic heterocycles. The van der Waals surface area contributed by atoms with Gasteiger partial charge < -0.3 is 5.32 Å². The Morgan fingerprint density at radius 3 is 2.78 bits per heavy atom. The number of aromatic nitrogens is 2.